The van der Waals surface area contributed by atoms with Crippen LogP contribution in [0.25, 0.3) is 78.6 Å². The molecule has 53 heavy (non-hydrogen) atoms. The first kappa shape index (κ1) is 33.4. The summed E-state index contributed by atoms with van der Waals surface area (Å²) < 4.78 is 149. The summed E-state index contributed by atoms with van der Waals surface area (Å²) in [7, 11) is 0. The van der Waals surface area contributed by atoms with Gasteiger partial charge in [0.1, 0.15) is 0 Å². The molecule has 0 aliphatic carbocycles. The number of nitrogens with one attached hydrogen (secondary N) is 3. The molecular weight excluding hydrogens is 714 g/mol. The van der Waals surface area contributed by atoms with E-state index in [4.69, 9.17) is 6.42 Å². The Kier molecular flexibility index (Phi) is 7.68. The van der Waals surface area contributed by atoms with Crippen molar-refractivity contribution in [1.29, 1.82) is 0 Å². The van der Waals surface area contributed by atoms with Crippen molar-refractivity contribution in [3.63, 3.8) is 0 Å². The zero-order valence-electron chi connectivity index (χ0n) is 26.2. The predicted molar refractivity (Wildman–Crippen MR) is 179 cm³/mol. The Morgan fingerprint density at radius 1 is 0.377 bits per heavy atom. The van der Waals surface area contributed by atoms with Crippen molar-refractivity contribution < 1.29 is 43.9 Å². The van der Waals surface area contributed by atoms with Crippen molar-refractivity contribution in [2.75, 3.05) is 0 Å². The Bertz CT molecular complexity index is 2850. The molecule has 7 aromatic rings. The summed E-state index contributed by atoms with van der Waals surface area (Å²) in [6.07, 6.45) is 8.21. The van der Waals surface area contributed by atoms with E-state index < -0.39 is 80.4 Å². The lowest BCUT2D eigenvalue weighted by atomic mass is 10.0. The Balaban J connectivity index is 1.60. The van der Waals surface area contributed by atoms with Gasteiger partial charge in [-0.3, -0.25) is 0 Å². The first-order valence-corrected chi connectivity index (χ1v) is 15.3. The molecule has 14 heteroatoms. The summed E-state index contributed by atoms with van der Waals surface area (Å²) in [6.45, 7) is 0. The number of aromatic nitrogens is 4. The highest BCUT2D eigenvalue weighted by Gasteiger charge is 2.31. The van der Waals surface area contributed by atoms with Crippen molar-refractivity contribution in [2.24, 2.45) is 0 Å². The number of halogens is 10. The van der Waals surface area contributed by atoms with E-state index in [1.54, 1.807) is 24.3 Å². The van der Waals surface area contributed by atoms with Crippen molar-refractivity contribution in [3.05, 3.63) is 136 Å². The number of nitrogens with zero attached hydrogens (tertiary/aromatic N) is 1. The number of H-pyrrole nitrogens is 3. The fourth-order valence-electron chi connectivity index (χ4n) is 6.36. The molecule has 4 nitrogen and oxygen atoms in total. The Morgan fingerprint density at radius 3 is 1.17 bits per heavy atom. The SMILES string of the molecule is C#Cc1ccc(-c2c3nc(c(-c4c(F)c(F)c(F)c(F)c4F)c4ccc([nH]4)c4ccc([nH]4)c(-c4c(F)c(F)c(F)c(F)c4F)c4ccc2[nH]4)C=C3)cc1. The molecule has 5 heterocycles. The van der Waals surface area contributed by atoms with Crippen LogP contribution in [0.5, 0.6) is 0 Å². The summed E-state index contributed by atoms with van der Waals surface area (Å²) >= 11 is 0. The molecule has 0 saturated heterocycles. The maximum atomic E-state index is 15.5. The highest BCUT2D eigenvalue weighted by atomic mass is 19.2. The Morgan fingerprint density at radius 2 is 0.717 bits per heavy atom. The highest BCUT2D eigenvalue weighted by Crippen LogP contribution is 2.40. The van der Waals surface area contributed by atoms with E-state index in [0.29, 0.717) is 11.1 Å². The molecule has 0 atom stereocenters. The van der Waals surface area contributed by atoms with Gasteiger partial charge in [0.05, 0.1) is 33.5 Å². The normalized spacial score (nSPS) is 11.9. The maximum Gasteiger partial charge on any atom is 0.200 e. The lowest BCUT2D eigenvalue weighted by Gasteiger charge is -2.10. The predicted octanol–water partition coefficient (Wildman–Crippen LogP) is 11.1. The molecule has 0 saturated carbocycles. The Hall–Kier alpha value is -6.75. The molecule has 262 valence electrons. The van der Waals surface area contributed by atoms with Gasteiger partial charge in [0, 0.05) is 44.3 Å². The van der Waals surface area contributed by atoms with E-state index in [1.807, 2.05) is 0 Å². The van der Waals surface area contributed by atoms with Gasteiger partial charge in [-0.1, -0.05) is 18.1 Å². The van der Waals surface area contributed by atoms with E-state index >= 15 is 17.6 Å². The fourth-order valence-corrected chi connectivity index (χ4v) is 6.36. The molecule has 3 N–H and O–H groups in total. The number of hydrogen-bond acceptors (Lipinski definition) is 1. The topological polar surface area (TPSA) is 60.3 Å². The van der Waals surface area contributed by atoms with E-state index in [2.05, 4.69) is 25.9 Å². The van der Waals surface area contributed by atoms with Crippen molar-refractivity contribution in [1.82, 2.24) is 19.9 Å². The third-order valence-electron chi connectivity index (χ3n) is 8.84. The zero-order chi connectivity index (χ0) is 37.5. The third-order valence-corrected chi connectivity index (χ3v) is 8.84. The molecule has 0 radical (unpaired) electrons. The minimum atomic E-state index is -2.36. The molecule has 8 bridgehead atoms. The van der Waals surface area contributed by atoms with Crippen LogP contribution >= 0.6 is 0 Å². The average molecular weight is 731 g/mol. The van der Waals surface area contributed by atoms with Gasteiger partial charge in [-0.2, -0.15) is 0 Å². The number of rotatable bonds is 3. The second-order valence-corrected chi connectivity index (χ2v) is 11.8. The summed E-state index contributed by atoms with van der Waals surface area (Å²) in [5, 5.41) is 0. The van der Waals surface area contributed by atoms with Crippen LogP contribution in [-0.4, -0.2) is 19.9 Å². The second-order valence-electron chi connectivity index (χ2n) is 11.8. The molecule has 0 unspecified atom stereocenters. The van der Waals surface area contributed by atoms with Crippen molar-refractivity contribution in [3.8, 4) is 45.7 Å². The van der Waals surface area contributed by atoms with Crippen molar-refractivity contribution in [2.45, 2.75) is 0 Å². The molecule has 8 rings (SSSR count). The summed E-state index contributed by atoms with van der Waals surface area (Å²) in [4.78, 5) is 13.2. The van der Waals surface area contributed by atoms with Crippen LogP contribution in [0.3, 0.4) is 0 Å². The molecule has 3 aromatic carbocycles. The van der Waals surface area contributed by atoms with E-state index in [0.717, 1.165) is 0 Å². The van der Waals surface area contributed by atoms with Gasteiger partial charge in [0.15, 0.2) is 46.5 Å². The van der Waals surface area contributed by atoms with Crippen LogP contribution in [0.1, 0.15) is 17.0 Å². The zero-order valence-corrected chi connectivity index (χ0v) is 26.2. The van der Waals surface area contributed by atoms with E-state index in [9.17, 15) is 26.3 Å². The standard InChI is InChI=1S/C39H16F10N4/c1-2-15-3-5-16(6-4-15)25-19-11-13-23(52-19)26(28-30(40)34(44)38(48)35(45)31(28)41)21-9-7-17(50-21)18-8-10-22(51-18)27(24-14-12-20(25)53-24)29-32(42)36(46)39(49)37(47)33(29)43/h1,3-14,50-52H. The third kappa shape index (κ3) is 5.07. The van der Waals surface area contributed by atoms with Gasteiger partial charge in [-0.15, -0.1) is 6.42 Å². The minimum Gasteiger partial charge on any atom is -0.354 e. The van der Waals surface area contributed by atoms with Gasteiger partial charge in [-0.25, -0.2) is 48.9 Å². The van der Waals surface area contributed by atoms with Crippen LogP contribution in [0.15, 0.2) is 60.7 Å². The van der Waals surface area contributed by atoms with E-state index in [1.165, 1.54) is 48.6 Å². The number of benzene rings is 3. The quantitative estimate of drug-likeness (QED) is 0.0721. The maximum absolute atomic E-state index is 15.5. The average Bonchev–Trinajstić information content (AvgIpc) is 4.00. The number of aromatic amines is 3. The van der Waals surface area contributed by atoms with Crippen LogP contribution in [-0.2, 0) is 0 Å². The number of hydrogen-bond donors (Lipinski definition) is 3. The lowest BCUT2D eigenvalue weighted by molar-refractivity contribution is 0.381. The summed E-state index contributed by atoms with van der Waals surface area (Å²) in [6, 6.07) is 14.4. The van der Waals surface area contributed by atoms with Crippen LogP contribution in [0.2, 0.25) is 0 Å². The lowest BCUT2D eigenvalue weighted by Crippen LogP contribution is -2.05. The molecule has 0 amide bonds. The van der Waals surface area contributed by atoms with Crippen LogP contribution < -0.4 is 0 Å². The molecule has 0 spiro atoms. The van der Waals surface area contributed by atoms with Gasteiger partial charge < -0.3 is 15.0 Å². The smallest absolute Gasteiger partial charge is 0.200 e. The summed E-state index contributed by atoms with van der Waals surface area (Å²) in [5.41, 5.74) is -2.55. The molecule has 0 fully saturated rings. The van der Waals surface area contributed by atoms with E-state index in [-0.39, 0.29) is 50.1 Å². The molecule has 1 aliphatic rings. The van der Waals surface area contributed by atoms with Crippen LogP contribution in [0.4, 0.5) is 43.9 Å². The largest absolute Gasteiger partial charge is 0.354 e. The monoisotopic (exact) mass is 730 g/mol. The molecule has 4 aromatic heterocycles. The molecule has 1 aliphatic heterocycles. The fraction of sp³-hybridized carbons (Fsp3) is 0. The van der Waals surface area contributed by atoms with Gasteiger partial charge in [-0.05, 0) is 66.2 Å². The van der Waals surface area contributed by atoms with Gasteiger partial charge in [0.2, 0.25) is 11.6 Å². The number of terminal acetylenes is 1. The first-order valence-electron chi connectivity index (χ1n) is 15.3. The highest BCUT2D eigenvalue weighted by molar-refractivity contribution is 6.00. The van der Waals surface area contributed by atoms with Gasteiger partial charge in [0.25, 0.3) is 0 Å². The Labute approximate surface area is 290 Å². The van der Waals surface area contributed by atoms with Crippen LogP contribution in [0, 0.1) is 70.5 Å². The minimum absolute atomic E-state index is 0.0734. The second kappa shape index (κ2) is 12.2. The van der Waals surface area contributed by atoms with Gasteiger partial charge >= 0.3 is 0 Å². The van der Waals surface area contributed by atoms with Crippen molar-refractivity contribution >= 4 is 45.3 Å². The summed E-state index contributed by atoms with van der Waals surface area (Å²) in [5.74, 6) is -19.5. The first-order chi connectivity index (χ1) is 25.4. The molecular formula is C39H16F10N4. The number of fused-ring (bicyclic) bond motifs is 9.